The fourth-order valence-corrected chi connectivity index (χ4v) is 2.19. The Morgan fingerprint density at radius 1 is 1.37 bits per heavy atom. The lowest BCUT2D eigenvalue weighted by Crippen LogP contribution is -2.38. The fourth-order valence-electron chi connectivity index (χ4n) is 2.19. The van der Waals surface area contributed by atoms with Crippen molar-refractivity contribution in [3.8, 4) is 0 Å². The zero-order valence-electron chi connectivity index (χ0n) is 11.2. The molecule has 2 heterocycles. The third kappa shape index (κ3) is 2.81. The Morgan fingerprint density at radius 2 is 2.11 bits per heavy atom. The number of carbonyl (C=O) groups excluding carboxylic acids is 2. The standard InChI is InChI=1S/C12H17N5O2/c1-6(11-7(2)14-15-8(11)3)13-12(19)9-4-5-10(18)17-16-9/h6H,4-5H2,1-3H3,(H,13,19)(H,14,15)(H,17,18)/t6-/m1/s1. The van der Waals surface area contributed by atoms with Crippen molar-refractivity contribution < 1.29 is 9.59 Å². The van der Waals surface area contributed by atoms with Gasteiger partial charge in [0.25, 0.3) is 5.91 Å². The fraction of sp³-hybridized carbons (Fsp3) is 0.500. The minimum absolute atomic E-state index is 0.161. The summed E-state index contributed by atoms with van der Waals surface area (Å²) in [5, 5.41) is 13.6. The molecule has 2 amide bonds. The lowest BCUT2D eigenvalue weighted by molar-refractivity contribution is -0.121. The molecule has 1 aromatic heterocycles. The highest BCUT2D eigenvalue weighted by atomic mass is 16.2. The van der Waals surface area contributed by atoms with Crippen LogP contribution in [0.3, 0.4) is 0 Å². The van der Waals surface area contributed by atoms with E-state index in [1.807, 2.05) is 20.8 Å². The molecule has 1 aliphatic heterocycles. The first-order chi connectivity index (χ1) is 8.99. The third-order valence-electron chi connectivity index (χ3n) is 3.13. The molecule has 0 aromatic carbocycles. The highest BCUT2D eigenvalue weighted by molar-refractivity contribution is 6.39. The van der Waals surface area contributed by atoms with Crippen molar-refractivity contribution in [2.45, 2.75) is 39.7 Å². The highest BCUT2D eigenvalue weighted by Crippen LogP contribution is 2.19. The average molecular weight is 263 g/mol. The van der Waals surface area contributed by atoms with Crippen molar-refractivity contribution in [3.05, 3.63) is 17.0 Å². The number of carbonyl (C=O) groups is 2. The second-order valence-corrected chi connectivity index (χ2v) is 4.64. The predicted molar refractivity (Wildman–Crippen MR) is 69.4 cm³/mol. The predicted octanol–water partition coefficient (Wildman–Crippen LogP) is 0.470. The molecule has 0 bridgehead atoms. The van der Waals surface area contributed by atoms with E-state index in [1.54, 1.807) is 0 Å². The first-order valence-corrected chi connectivity index (χ1v) is 6.16. The van der Waals surface area contributed by atoms with E-state index < -0.39 is 0 Å². The van der Waals surface area contributed by atoms with Gasteiger partial charge in [-0.05, 0) is 20.8 Å². The van der Waals surface area contributed by atoms with Crippen molar-refractivity contribution >= 4 is 17.5 Å². The Kier molecular flexibility index (Phi) is 3.64. The molecule has 0 saturated carbocycles. The van der Waals surface area contributed by atoms with Crippen LogP contribution in [0, 0.1) is 13.8 Å². The van der Waals surface area contributed by atoms with Crippen molar-refractivity contribution in [1.82, 2.24) is 20.9 Å². The van der Waals surface area contributed by atoms with E-state index in [2.05, 4.69) is 26.0 Å². The van der Waals surface area contributed by atoms with Gasteiger partial charge in [-0.3, -0.25) is 14.7 Å². The van der Waals surface area contributed by atoms with Gasteiger partial charge in [-0.15, -0.1) is 0 Å². The van der Waals surface area contributed by atoms with E-state index in [0.717, 1.165) is 17.0 Å². The maximum atomic E-state index is 12.0. The number of hydrazone groups is 1. The smallest absolute Gasteiger partial charge is 0.267 e. The van der Waals surface area contributed by atoms with Gasteiger partial charge in [-0.2, -0.15) is 10.2 Å². The largest absolute Gasteiger partial charge is 0.344 e. The quantitative estimate of drug-likeness (QED) is 0.739. The Labute approximate surface area is 110 Å². The normalized spacial score (nSPS) is 16.6. The molecule has 1 aromatic rings. The van der Waals surface area contributed by atoms with Gasteiger partial charge in [-0.25, -0.2) is 5.43 Å². The second-order valence-electron chi connectivity index (χ2n) is 4.64. The van der Waals surface area contributed by atoms with Crippen LogP contribution in [-0.2, 0) is 9.59 Å². The molecule has 102 valence electrons. The molecule has 1 atom stereocenters. The van der Waals surface area contributed by atoms with Crippen LogP contribution in [0.2, 0.25) is 0 Å². The second kappa shape index (κ2) is 5.21. The van der Waals surface area contributed by atoms with Crippen LogP contribution in [0.5, 0.6) is 0 Å². The molecule has 1 aliphatic rings. The lowest BCUT2D eigenvalue weighted by atomic mass is 10.1. The number of nitrogens with one attached hydrogen (secondary N) is 3. The van der Waals surface area contributed by atoms with Gasteiger partial charge < -0.3 is 5.32 Å². The van der Waals surface area contributed by atoms with Crippen molar-refractivity contribution in [2.24, 2.45) is 5.10 Å². The topological polar surface area (TPSA) is 99.2 Å². The molecular formula is C12H17N5O2. The number of nitrogens with zero attached hydrogens (tertiary/aromatic N) is 2. The van der Waals surface area contributed by atoms with Crippen LogP contribution >= 0.6 is 0 Å². The molecule has 2 rings (SSSR count). The van der Waals surface area contributed by atoms with Gasteiger partial charge in [0.05, 0.1) is 11.7 Å². The summed E-state index contributed by atoms with van der Waals surface area (Å²) in [6.45, 7) is 5.70. The lowest BCUT2D eigenvalue weighted by Gasteiger charge is -2.17. The van der Waals surface area contributed by atoms with E-state index in [1.165, 1.54) is 0 Å². The summed E-state index contributed by atoms with van der Waals surface area (Å²) in [5.41, 5.74) is 5.45. The molecule has 0 spiro atoms. The average Bonchev–Trinajstić information content (AvgIpc) is 2.69. The van der Waals surface area contributed by atoms with E-state index in [-0.39, 0.29) is 17.9 Å². The number of rotatable bonds is 3. The molecule has 0 fully saturated rings. The van der Waals surface area contributed by atoms with Crippen LogP contribution in [0.1, 0.15) is 42.8 Å². The number of aromatic amines is 1. The monoisotopic (exact) mass is 263 g/mol. The molecule has 0 unspecified atom stereocenters. The zero-order chi connectivity index (χ0) is 14.0. The summed E-state index contributed by atoms with van der Waals surface area (Å²) in [4.78, 5) is 23.0. The van der Waals surface area contributed by atoms with Gasteiger partial charge in [0.15, 0.2) is 0 Å². The SMILES string of the molecule is Cc1n[nH]c(C)c1[C@@H](C)NC(=O)C1=NNC(=O)CC1. The summed E-state index contributed by atoms with van der Waals surface area (Å²) in [6.07, 6.45) is 0.665. The molecular weight excluding hydrogens is 246 g/mol. The minimum Gasteiger partial charge on any atom is -0.344 e. The number of aryl methyl sites for hydroxylation is 2. The van der Waals surface area contributed by atoms with Crippen LogP contribution in [-0.4, -0.2) is 27.7 Å². The number of amides is 2. The maximum Gasteiger partial charge on any atom is 0.267 e. The minimum atomic E-state index is -0.257. The molecule has 7 heteroatoms. The Balaban J connectivity index is 2.05. The van der Waals surface area contributed by atoms with Gasteiger partial charge in [0, 0.05) is 24.1 Å². The molecule has 0 aliphatic carbocycles. The summed E-state index contributed by atoms with van der Waals surface area (Å²) in [6, 6.07) is -0.161. The van der Waals surface area contributed by atoms with Gasteiger partial charge >= 0.3 is 0 Å². The van der Waals surface area contributed by atoms with Crippen LogP contribution < -0.4 is 10.7 Å². The Hall–Kier alpha value is -2.18. The molecule has 0 saturated heterocycles. The molecule has 7 nitrogen and oxygen atoms in total. The third-order valence-corrected chi connectivity index (χ3v) is 3.13. The highest BCUT2D eigenvalue weighted by Gasteiger charge is 2.22. The zero-order valence-corrected chi connectivity index (χ0v) is 11.2. The summed E-state index contributed by atoms with van der Waals surface area (Å²) < 4.78 is 0. The molecule has 3 N–H and O–H groups in total. The Bertz CT molecular complexity index is 527. The summed E-state index contributed by atoms with van der Waals surface area (Å²) >= 11 is 0. The van der Waals surface area contributed by atoms with Crippen molar-refractivity contribution in [2.75, 3.05) is 0 Å². The number of aromatic nitrogens is 2. The van der Waals surface area contributed by atoms with Gasteiger partial charge in [0.1, 0.15) is 5.71 Å². The van der Waals surface area contributed by atoms with Crippen molar-refractivity contribution in [3.63, 3.8) is 0 Å². The van der Waals surface area contributed by atoms with Crippen LogP contribution in [0.4, 0.5) is 0 Å². The van der Waals surface area contributed by atoms with Crippen LogP contribution in [0.25, 0.3) is 0 Å². The number of hydrogen-bond acceptors (Lipinski definition) is 4. The first kappa shape index (κ1) is 13.3. The van der Waals surface area contributed by atoms with E-state index in [9.17, 15) is 9.59 Å². The van der Waals surface area contributed by atoms with E-state index in [4.69, 9.17) is 0 Å². The van der Waals surface area contributed by atoms with Gasteiger partial charge in [0.2, 0.25) is 5.91 Å². The first-order valence-electron chi connectivity index (χ1n) is 6.16. The summed E-state index contributed by atoms with van der Waals surface area (Å²) in [5.74, 6) is -0.418. The van der Waals surface area contributed by atoms with E-state index in [0.29, 0.717) is 18.6 Å². The molecule has 19 heavy (non-hydrogen) atoms. The van der Waals surface area contributed by atoms with Gasteiger partial charge in [-0.1, -0.05) is 0 Å². The number of hydrogen-bond donors (Lipinski definition) is 3. The number of H-pyrrole nitrogens is 1. The van der Waals surface area contributed by atoms with E-state index >= 15 is 0 Å². The summed E-state index contributed by atoms with van der Waals surface area (Å²) in [7, 11) is 0. The Morgan fingerprint density at radius 3 is 2.63 bits per heavy atom. The van der Waals surface area contributed by atoms with Crippen LogP contribution in [0.15, 0.2) is 5.10 Å². The molecule has 0 radical (unpaired) electrons. The maximum absolute atomic E-state index is 12.0. The van der Waals surface area contributed by atoms with Crippen molar-refractivity contribution in [1.29, 1.82) is 0 Å².